The average Bonchev–Trinajstić information content (AvgIpc) is 2.85. The molecule has 1 aliphatic rings. The topological polar surface area (TPSA) is 104 Å². The molecule has 0 radical (unpaired) electrons. The van der Waals surface area contributed by atoms with E-state index in [9.17, 15) is 13.2 Å². The molecule has 0 atom stereocenters. The Bertz CT molecular complexity index is 1230. The number of rotatable bonds is 7. The molecule has 33 heavy (non-hydrogen) atoms. The fourth-order valence-electron chi connectivity index (χ4n) is 3.37. The van der Waals surface area contributed by atoms with Crippen molar-refractivity contribution in [2.24, 2.45) is 0 Å². The predicted molar refractivity (Wildman–Crippen MR) is 132 cm³/mol. The summed E-state index contributed by atoms with van der Waals surface area (Å²) in [7, 11) is -3.29. The zero-order chi connectivity index (χ0) is 23.3. The van der Waals surface area contributed by atoms with Crippen LogP contribution in [0.25, 0.3) is 0 Å². The molecule has 172 valence electrons. The lowest BCUT2D eigenvalue weighted by atomic mass is 10.1. The minimum atomic E-state index is -3.29. The molecule has 1 aromatic heterocycles. The predicted octanol–water partition coefficient (Wildman–Crippen LogP) is 3.95. The summed E-state index contributed by atoms with van der Waals surface area (Å²) < 4.78 is 24.3. The van der Waals surface area contributed by atoms with Gasteiger partial charge in [-0.25, -0.2) is 18.4 Å². The van der Waals surface area contributed by atoms with Crippen molar-refractivity contribution in [3.05, 3.63) is 66.5 Å². The van der Waals surface area contributed by atoms with E-state index in [1.54, 1.807) is 37.3 Å². The third-order valence-corrected chi connectivity index (χ3v) is 7.89. The molecule has 1 saturated heterocycles. The lowest BCUT2D eigenvalue weighted by Crippen LogP contribution is -2.37. The second-order valence-electron chi connectivity index (χ2n) is 7.45. The van der Waals surface area contributed by atoms with Gasteiger partial charge >= 0.3 is 0 Å². The van der Waals surface area contributed by atoms with Gasteiger partial charge in [-0.2, -0.15) is 11.8 Å². The molecule has 3 aromatic rings. The van der Waals surface area contributed by atoms with Crippen LogP contribution in [0.2, 0.25) is 0 Å². The van der Waals surface area contributed by atoms with Gasteiger partial charge in [0.1, 0.15) is 18.0 Å². The van der Waals surface area contributed by atoms with Crippen LogP contribution in [-0.2, 0) is 9.84 Å². The molecule has 1 fully saturated rings. The zero-order valence-electron chi connectivity index (χ0n) is 18.2. The first-order valence-electron chi connectivity index (χ1n) is 10.6. The van der Waals surface area contributed by atoms with E-state index in [0.717, 1.165) is 30.3 Å². The molecule has 10 heteroatoms. The summed E-state index contributed by atoms with van der Waals surface area (Å²) in [5, 5.41) is 6.32. The summed E-state index contributed by atoms with van der Waals surface area (Å²) >= 11 is 1.87. The number of amides is 1. The Morgan fingerprint density at radius 3 is 2.30 bits per heavy atom. The first-order chi connectivity index (χ1) is 15.9. The van der Waals surface area contributed by atoms with Gasteiger partial charge in [0, 0.05) is 47.6 Å². The van der Waals surface area contributed by atoms with E-state index in [2.05, 4.69) is 20.6 Å². The highest BCUT2D eigenvalue weighted by Gasteiger charge is 2.18. The molecule has 0 aliphatic carbocycles. The summed E-state index contributed by atoms with van der Waals surface area (Å²) in [6, 6.07) is 15.7. The van der Waals surface area contributed by atoms with Gasteiger partial charge in [-0.3, -0.25) is 4.79 Å². The second kappa shape index (κ2) is 10.2. The number of benzene rings is 2. The Balaban J connectivity index is 1.43. The number of carbonyl (C=O) groups is 1. The van der Waals surface area contributed by atoms with Crippen molar-refractivity contribution in [3.8, 4) is 0 Å². The van der Waals surface area contributed by atoms with Crippen molar-refractivity contribution in [1.82, 2.24) is 14.9 Å². The quantitative estimate of drug-likeness (QED) is 0.521. The Hall–Kier alpha value is -3.11. The van der Waals surface area contributed by atoms with Gasteiger partial charge in [-0.1, -0.05) is 13.0 Å². The maximum absolute atomic E-state index is 12.6. The van der Waals surface area contributed by atoms with E-state index in [0.29, 0.717) is 22.9 Å². The third-order valence-electron chi connectivity index (χ3n) is 5.22. The molecule has 1 aliphatic heterocycles. The number of thioether (sulfide) groups is 1. The van der Waals surface area contributed by atoms with Crippen LogP contribution < -0.4 is 10.6 Å². The van der Waals surface area contributed by atoms with Crippen molar-refractivity contribution in [2.75, 3.05) is 41.0 Å². The summed E-state index contributed by atoms with van der Waals surface area (Å²) in [6.45, 7) is 3.19. The van der Waals surface area contributed by atoms with Crippen molar-refractivity contribution < 1.29 is 13.2 Å². The number of nitrogens with zero attached hydrogens (tertiary/aromatic N) is 3. The maximum Gasteiger partial charge on any atom is 0.253 e. The maximum atomic E-state index is 12.6. The molecule has 2 aromatic carbocycles. The van der Waals surface area contributed by atoms with Crippen LogP contribution in [0.1, 0.15) is 17.3 Å². The van der Waals surface area contributed by atoms with Crippen LogP contribution >= 0.6 is 11.8 Å². The number of anilines is 4. The lowest BCUT2D eigenvalue weighted by Gasteiger charge is -2.26. The highest BCUT2D eigenvalue weighted by molar-refractivity contribution is 7.99. The summed E-state index contributed by atoms with van der Waals surface area (Å²) in [5.41, 5.74) is 2.08. The Kier molecular flexibility index (Phi) is 7.14. The van der Waals surface area contributed by atoms with E-state index in [4.69, 9.17) is 0 Å². The van der Waals surface area contributed by atoms with Crippen molar-refractivity contribution in [2.45, 2.75) is 11.8 Å². The molecule has 4 rings (SSSR count). The molecular weight excluding hydrogens is 458 g/mol. The zero-order valence-corrected chi connectivity index (χ0v) is 19.8. The first-order valence-corrected chi connectivity index (χ1v) is 13.4. The SMILES string of the molecule is CCS(=O)(=O)c1cccc(Nc2cc(Nc3ccc(C(=O)N4CCSCC4)cc3)ncn2)c1. The van der Waals surface area contributed by atoms with Gasteiger partial charge in [-0.05, 0) is 42.5 Å². The standard InChI is InChI=1S/C23H25N5O3S2/c1-2-33(30,31)20-5-3-4-19(14-20)27-22-15-21(24-16-25-22)26-18-8-6-17(7-9-18)23(29)28-10-12-32-13-11-28/h3-9,14-16H,2,10-13H2,1H3,(H2,24,25,26,27). The van der Waals surface area contributed by atoms with Gasteiger partial charge in [-0.15, -0.1) is 0 Å². The molecule has 2 heterocycles. The summed E-state index contributed by atoms with van der Waals surface area (Å²) in [4.78, 5) is 23.2. The minimum absolute atomic E-state index is 0.0412. The highest BCUT2D eigenvalue weighted by Crippen LogP contribution is 2.22. The number of nitrogens with one attached hydrogen (secondary N) is 2. The molecule has 1 amide bonds. The molecule has 0 bridgehead atoms. The van der Waals surface area contributed by atoms with Crippen LogP contribution in [0.5, 0.6) is 0 Å². The van der Waals surface area contributed by atoms with Gasteiger partial charge in [0.05, 0.1) is 10.6 Å². The van der Waals surface area contributed by atoms with Crippen molar-refractivity contribution in [3.63, 3.8) is 0 Å². The molecule has 0 saturated carbocycles. The largest absolute Gasteiger partial charge is 0.340 e. The van der Waals surface area contributed by atoms with Crippen LogP contribution in [0, 0.1) is 0 Å². The Morgan fingerprint density at radius 2 is 1.64 bits per heavy atom. The lowest BCUT2D eigenvalue weighted by molar-refractivity contribution is 0.0772. The third kappa shape index (κ3) is 5.82. The van der Waals surface area contributed by atoms with Gasteiger partial charge in [0.15, 0.2) is 9.84 Å². The van der Waals surface area contributed by atoms with E-state index < -0.39 is 9.84 Å². The highest BCUT2D eigenvalue weighted by atomic mass is 32.2. The number of hydrogen-bond acceptors (Lipinski definition) is 8. The summed E-state index contributed by atoms with van der Waals surface area (Å²) in [6.07, 6.45) is 1.42. The van der Waals surface area contributed by atoms with Crippen LogP contribution in [0.4, 0.5) is 23.0 Å². The van der Waals surface area contributed by atoms with Crippen molar-refractivity contribution in [1.29, 1.82) is 0 Å². The van der Waals surface area contributed by atoms with E-state index in [-0.39, 0.29) is 16.6 Å². The molecular formula is C23H25N5O3S2. The minimum Gasteiger partial charge on any atom is -0.340 e. The number of hydrogen-bond donors (Lipinski definition) is 2. The van der Waals surface area contributed by atoms with Gasteiger partial charge < -0.3 is 15.5 Å². The van der Waals surface area contributed by atoms with E-state index in [1.165, 1.54) is 6.33 Å². The monoisotopic (exact) mass is 483 g/mol. The van der Waals surface area contributed by atoms with Crippen LogP contribution in [0.15, 0.2) is 65.8 Å². The molecule has 2 N–H and O–H groups in total. The average molecular weight is 484 g/mol. The number of aromatic nitrogens is 2. The second-order valence-corrected chi connectivity index (χ2v) is 11.0. The van der Waals surface area contributed by atoms with E-state index >= 15 is 0 Å². The molecule has 0 unspecified atom stereocenters. The fourth-order valence-corrected chi connectivity index (χ4v) is 5.20. The van der Waals surface area contributed by atoms with Crippen LogP contribution in [-0.4, -0.2) is 59.5 Å². The van der Waals surface area contributed by atoms with Crippen molar-refractivity contribution >= 4 is 50.5 Å². The van der Waals surface area contributed by atoms with Crippen LogP contribution in [0.3, 0.4) is 0 Å². The number of carbonyl (C=O) groups excluding carboxylic acids is 1. The first kappa shape index (κ1) is 23.1. The summed E-state index contributed by atoms with van der Waals surface area (Å²) in [5.74, 6) is 3.15. The van der Waals surface area contributed by atoms with Gasteiger partial charge in [0.25, 0.3) is 5.91 Å². The number of sulfone groups is 1. The Labute approximate surface area is 197 Å². The molecule has 8 nitrogen and oxygen atoms in total. The van der Waals surface area contributed by atoms with E-state index in [1.807, 2.05) is 40.9 Å². The smallest absolute Gasteiger partial charge is 0.253 e. The fraction of sp³-hybridized carbons (Fsp3) is 0.261. The van der Waals surface area contributed by atoms with Gasteiger partial charge in [0.2, 0.25) is 0 Å². The normalized spacial score (nSPS) is 14.0. The molecule has 0 spiro atoms. The Morgan fingerprint density at radius 1 is 0.970 bits per heavy atom.